The predicted molar refractivity (Wildman–Crippen MR) is 111 cm³/mol. The van der Waals surface area contributed by atoms with E-state index in [1.165, 1.54) is 0 Å². The number of hydrogen-bond acceptors (Lipinski definition) is 6. The average Bonchev–Trinajstić information content (AvgIpc) is 2.68. The van der Waals surface area contributed by atoms with Gasteiger partial charge in [0.2, 0.25) is 0 Å². The SMILES string of the molecule is CCOC(=O)C(C)Oc1ccc(N(C)c2cnc3cc(Cl)c(Cl)cc3n2)cc1. The first-order chi connectivity index (χ1) is 13.4. The third-order valence-electron chi connectivity index (χ3n) is 4.07. The summed E-state index contributed by atoms with van der Waals surface area (Å²) in [5, 5.41) is 0.873. The number of rotatable bonds is 6. The van der Waals surface area contributed by atoms with Gasteiger partial charge in [-0.05, 0) is 50.2 Å². The molecule has 0 aliphatic rings. The molecule has 0 saturated heterocycles. The largest absolute Gasteiger partial charge is 0.479 e. The van der Waals surface area contributed by atoms with Crippen molar-refractivity contribution >= 4 is 51.7 Å². The van der Waals surface area contributed by atoms with Gasteiger partial charge < -0.3 is 14.4 Å². The first kappa shape index (κ1) is 20.2. The highest BCUT2D eigenvalue weighted by atomic mass is 35.5. The number of ether oxygens (including phenoxy) is 2. The second kappa shape index (κ2) is 8.63. The van der Waals surface area contributed by atoms with Gasteiger partial charge in [-0.2, -0.15) is 0 Å². The zero-order valence-corrected chi connectivity index (χ0v) is 17.2. The zero-order valence-electron chi connectivity index (χ0n) is 15.6. The fourth-order valence-electron chi connectivity index (χ4n) is 2.55. The normalized spacial score (nSPS) is 11.9. The van der Waals surface area contributed by atoms with Crippen LogP contribution in [0, 0.1) is 0 Å². The van der Waals surface area contributed by atoms with Crippen molar-refractivity contribution in [3.63, 3.8) is 0 Å². The molecule has 0 amide bonds. The highest BCUT2D eigenvalue weighted by Gasteiger charge is 2.16. The van der Waals surface area contributed by atoms with Crippen LogP contribution in [0.5, 0.6) is 5.75 Å². The number of benzene rings is 2. The molecule has 8 heteroatoms. The van der Waals surface area contributed by atoms with E-state index >= 15 is 0 Å². The number of halogens is 2. The maximum absolute atomic E-state index is 11.7. The second-order valence-corrected chi connectivity index (χ2v) is 6.86. The van der Waals surface area contributed by atoms with Gasteiger partial charge in [-0.3, -0.25) is 4.98 Å². The van der Waals surface area contributed by atoms with Crippen LogP contribution < -0.4 is 9.64 Å². The Morgan fingerprint density at radius 3 is 2.43 bits per heavy atom. The minimum atomic E-state index is -0.675. The molecule has 0 saturated carbocycles. The van der Waals surface area contributed by atoms with Gasteiger partial charge in [0.1, 0.15) is 5.75 Å². The predicted octanol–water partition coefficient (Wildman–Crippen LogP) is 5.03. The van der Waals surface area contributed by atoms with Gasteiger partial charge in [0.05, 0.1) is 33.9 Å². The summed E-state index contributed by atoms with van der Waals surface area (Å²) in [6, 6.07) is 10.7. The Morgan fingerprint density at radius 2 is 1.79 bits per heavy atom. The molecular weight excluding hydrogens is 401 g/mol. The lowest BCUT2D eigenvalue weighted by molar-refractivity contribution is -0.150. The Hall–Kier alpha value is -2.57. The van der Waals surface area contributed by atoms with Crippen LogP contribution in [-0.4, -0.2) is 35.7 Å². The number of esters is 1. The summed E-state index contributed by atoms with van der Waals surface area (Å²) in [5.74, 6) is 0.831. The van der Waals surface area contributed by atoms with Gasteiger partial charge in [-0.15, -0.1) is 0 Å². The maximum Gasteiger partial charge on any atom is 0.347 e. The Bertz CT molecular complexity index is 996. The molecule has 3 aromatic rings. The summed E-state index contributed by atoms with van der Waals surface area (Å²) in [7, 11) is 1.88. The van der Waals surface area contributed by atoms with Crippen LogP contribution in [-0.2, 0) is 9.53 Å². The topological polar surface area (TPSA) is 64.6 Å². The van der Waals surface area contributed by atoms with Crippen LogP contribution >= 0.6 is 23.2 Å². The molecule has 0 N–H and O–H groups in total. The van der Waals surface area contributed by atoms with Crippen LogP contribution in [0.2, 0.25) is 10.0 Å². The van der Waals surface area contributed by atoms with Crippen molar-refractivity contribution in [2.45, 2.75) is 20.0 Å². The smallest absolute Gasteiger partial charge is 0.347 e. The number of anilines is 2. The van der Waals surface area contributed by atoms with E-state index in [4.69, 9.17) is 32.7 Å². The van der Waals surface area contributed by atoms with Crippen molar-refractivity contribution in [3.05, 3.63) is 52.6 Å². The van der Waals surface area contributed by atoms with Crippen molar-refractivity contribution in [2.24, 2.45) is 0 Å². The van der Waals surface area contributed by atoms with Gasteiger partial charge in [0.25, 0.3) is 0 Å². The van der Waals surface area contributed by atoms with Crippen LogP contribution in [0.15, 0.2) is 42.6 Å². The maximum atomic E-state index is 11.7. The number of carbonyl (C=O) groups excluding carboxylic acids is 1. The third-order valence-corrected chi connectivity index (χ3v) is 4.79. The minimum Gasteiger partial charge on any atom is -0.479 e. The highest BCUT2D eigenvalue weighted by Crippen LogP contribution is 2.29. The molecule has 1 unspecified atom stereocenters. The van der Waals surface area contributed by atoms with Crippen molar-refractivity contribution < 1.29 is 14.3 Å². The number of fused-ring (bicyclic) bond motifs is 1. The Morgan fingerprint density at radius 1 is 1.14 bits per heavy atom. The number of hydrogen-bond donors (Lipinski definition) is 0. The van der Waals surface area contributed by atoms with Crippen LogP contribution in [0.1, 0.15) is 13.8 Å². The van der Waals surface area contributed by atoms with Crippen molar-refractivity contribution in [1.29, 1.82) is 0 Å². The molecule has 0 aliphatic carbocycles. The highest BCUT2D eigenvalue weighted by molar-refractivity contribution is 6.42. The third kappa shape index (κ3) is 4.46. The number of nitrogens with zero attached hydrogens (tertiary/aromatic N) is 3. The first-order valence-corrected chi connectivity index (χ1v) is 9.43. The molecule has 28 heavy (non-hydrogen) atoms. The monoisotopic (exact) mass is 419 g/mol. The fraction of sp³-hybridized carbons (Fsp3) is 0.250. The van der Waals surface area contributed by atoms with Gasteiger partial charge in [-0.1, -0.05) is 23.2 Å². The van der Waals surface area contributed by atoms with Crippen LogP contribution in [0.4, 0.5) is 11.5 Å². The quantitative estimate of drug-likeness (QED) is 0.521. The zero-order chi connectivity index (χ0) is 20.3. The lowest BCUT2D eigenvalue weighted by atomic mass is 10.2. The molecule has 0 radical (unpaired) electrons. The molecule has 2 aromatic carbocycles. The molecule has 0 fully saturated rings. The summed E-state index contributed by atoms with van der Waals surface area (Å²) in [4.78, 5) is 22.5. The van der Waals surface area contributed by atoms with E-state index < -0.39 is 12.1 Å². The first-order valence-electron chi connectivity index (χ1n) is 8.68. The van der Waals surface area contributed by atoms with E-state index in [-0.39, 0.29) is 0 Å². The van der Waals surface area contributed by atoms with E-state index in [2.05, 4.69) is 9.97 Å². The molecule has 1 aromatic heterocycles. The molecule has 146 valence electrons. The van der Waals surface area contributed by atoms with Gasteiger partial charge >= 0.3 is 5.97 Å². The Kier molecular flexibility index (Phi) is 6.21. The molecule has 6 nitrogen and oxygen atoms in total. The average molecular weight is 420 g/mol. The van der Waals surface area contributed by atoms with E-state index in [1.807, 2.05) is 24.1 Å². The molecule has 0 spiro atoms. The van der Waals surface area contributed by atoms with Crippen molar-refractivity contribution in [2.75, 3.05) is 18.6 Å². The lowest BCUT2D eigenvalue weighted by Crippen LogP contribution is -2.26. The molecule has 1 atom stereocenters. The Labute approximate surface area is 173 Å². The van der Waals surface area contributed by atoms with Gasteiger partial charge in [0.15, 0.2) is 11.9 Å². The fourth-order valence-corrected chi connectivity index (χ4v) is 2.87. The van der Waals surface area contributed by atoms with E-state index in [0.717, 1.165) is 5.69 Å². The summed E-state index contributed by atoms with van der Waals surface area (Å²) in [6.45, 7) is 3.73. The molecule has 0 aliphatic heterocycles. The second-order valence-electron chi connectivity index (χ2n) is 6.05. The number of carbonyl (C=O) groups is 1. The van der Waals surface area contributed by atoms with Gasteiger partial charge in [-0.25, -0.2) is 9.78 Å². The van der Waals surface area contributed by atoms with Crippen molar-refractivity contribution in [1.82, 2.24) is 9.97 Å². The summed E-state index contributed by atoms with van der Waals surface area (Å²) in [6.07, 6.45) is 0.992. The van der Waals surface area contributed by atoms with Gasteiger partial charge in [0, 0.05) is 12.7 Å². The standard InChI is InChI=1S/C20H19Cl2N3O3/c1-4-27-20(26)12(2)28-14-7-5-13(6-8-14)25(3)19-11-23-17-9-15(21)16(22)10-18(17)24-19/h5-12H,4H2,1-3H3. The molecule has 1 heterocycles. The van der Waals surface area contributed by atoms with Crippen LogP contribution in [0.25, 0.3) is 11.0 Å². The summed E-state index contributed by atoms with van der Waals surface area (Å²) < 4.78 is 10.5. The number of aromatic nitrogens is 2. The summed E-state index contributed by atoms with van der Waals surface area (Å²) >= 11 is 12.1. The van der Waals surface area contributed by atoms with E-state index in [1.54, 1.807) is 44.3 Å². The van der Waals surface area contributed by atoms with E-state index in [9.17, 15) is 4.79 Å². The molecular formula is C20H19Cl2N3O3. The lowest BCUT2D eigenvalue weighted by Gasteiger charge is -2.19. The minimum absolute atomic E-state index is 0.320. The molecule has 3 rings (SSSR count). The van der Waals surface area contributed by atoms with Crippen LogP contribution in [0.3, 0.4) is 0 Å². The summed E-state index contributed by atoms with van der Waals surface area (Å²) in [5.41, 5.74) is 2.20. The Balaban J connectivity index is 1.77. The molecule has 0 bridgehead atoms. The van der Waals surface area contributed by atoms with E-state index in [0.29, 0.717) is 39.3 Å². The van der Waals surface area contributed by atoms with Crippen molar-refractivity contribution in [3.8, 4) is 5.75 Å².